The van der Waals surface area contributed by atoms with E-state index in [1.807, 2.05) is 6.92 Å². The third-order valence-corrected chi connectivity index (χ3v) is 2.45. The Morgan fingerprint density at radius 1 is 1.57 bits per heavy atom. The quantitative estimate of drug-likeness (QED) is 0.855. The van der Waals surface area contributed by atoms with E-state index in [0.29, 0.717) is 5.69 Å². The van der Waals surface area contributed by atoms with Crippen LogP contribution in [0.3, 0.4) is 0 Å². The number of rotatable bonds is 3. The molecule has 0 aliphatic carbocycles. The summed E-state index contributed by atoms with van der Waals surface area (Å²) in [5.74, 6) is 0. The topological polar surface area (TPSA) is 38.9 Å². The first-order valence-corrected chi connectivity index (χ1v) is 4.98. The molecule has 0 saturated heterocycles. The summed E-state index contributed by atoms with van der Waals surface area (Å²) in [6.45, 7) is 1.81. The van der Waals surface area contributed by atoms with Crippen molar-refractivity contribution in [1.29, 1.82) is 0 Å². The van der Waals surface area contributed by atoms with Gasteiger partial charge in [0, 0.05) is 17.8 Å². The van der Waals surface area contributed by atoms with Crippen molar-refractivity contribution >= 4 is 11.3 Å². The van der Waals surface area contributed by atoms with E-state index < -0.39 is 18.6 Å². The molecule has 1 aromatic heterocycles. The van der Waals surface area contributed by atoms with E-state index in [1.165, 1.54) is 11.3 Å². The Labute approximate surface area is 84.0 Å². The molecular formula is C8H11F3N2S. The molecule has 14 heavy (non-hydrogen) atoms. The van der Waals surface area contributed by atoms with Gasteiger partial charge in [0.2, 0.25) is 0 Å². The summed E-state index contributed by atoms with van der Waals surface area (Å²) < 4.78 is 35.7. The van der Waals surface area contributed by atoms with E-state index in [2.05, 4.69) is 4.98 Å². The van der Waals surface area contributed by atoms with Crippen LogP contribution in [-0.2, 0) is 6.42 Å². The number of halogens is 3. The van der Waals surface area contributed by atoms with Gasteiger partial charge in [0.15, 0.2) is 0 Å². The zero-order valence-corrected chi connectivity index (χ0v) is 8.45. The van der Waals surface area contributed by atoms with E-state index in [0.717, 1.165) is 5.01 Å². The predicted octanol–water partition coefficient (Wildman–Crippen LogP) is 2.27. The summed E-state index contributed by atoms with van der Waals surface area (Å²) in [7, 11) is 0. The Morgan fingerprint density at radius 2 is 2.21 bits per heavy atom. The second kappa shape index (κ2) is 4.27. The summed E-state index contributed by atoms with van der Waals surface area (Å²) >= 11 is 1.42. The van der Waals surface area contributed by atoms with Gasteiger partial charge in [-0.3, -0.25) is 0 Å². The number of nitrogens with two attached hydrogens (primary N) is 1. The molecule has 2 N–H and O–H groups in total. The second-order valence-electron chi connectivity index (χ2n) is 3.14. The summed E-state index contributed by atoms with van der Waals surface area (Å²) in [4.78, 5) is 4.05. The summed E-state index contributed by atoms with van der Waals surface area (Å²) in [6.07, 6.45) is -4.96. The molecule has 0 aliphatic heterocycles. The number of thiazole rings is 1. The van der Waals surface area contributed by atoms with Gasteiger partial charge in [-0.2, -0.15) is 13.2 Å². The lowest BCUT2D eigenvalue weighted by Crippen LogP contribution is -2.29. The van der Waals surface area contributed by atoms with Crippen LogP contribution >= 0.6 is 11.3 Å². The average Bonchev–Trinajstić information content (AvgIpc) is 2.30. The van der Waals surface area contributed by atoms with Crippen LogP contribution in [0.25, 0.3) is 0 Å². The molecule has 1 unspecified atom stereocenters. The lowest BCUT2D eigenvalue weighted by molar-refractivity contribution is -0.138. The van der Waals surface area contributed by atoms with Crippen LogP contribution in [-0.4, -0.2) is 17.2 Å². The third-order valence-electron chi connectivity index (χ3n) is 1.63. The molecule has 0 aliphatic rings. The van der Waals surface area contributed by atoms with Gasteiger partial charge in [-0.05, 0) is 6.92 Å². The smallest absolute Gasteiger partial charge is 0.327 e. The SMILES string of the molecule is Cc1nc(CC(N)CC(F)(F)F)cs1. The highest BCUT2D eigenvalue weighted by Crippen LogP contribution is 2.22. The van der Waals surface area contributed by atoms with Gasteiger partial charge in [0.05, 0.1) is 17.1 Å². The highest BCUT2D eigenvalue weighted by molar-refractivity contribution is 7.09. The van der Waals surface area contributed by atoms with Crippen LogP contribution in [0.4, 0.5) is 13.2 Å². The molecule has 0 radical (unpaired) electrons. The Morgan fingerprint density at radius 3 is 2.64 bits per heavy atom. The molecule has 80 valence electrons. The molecule has 0 amide bonds. The van der Waals surface area contributed by atoms with Gasteiger partial charge in [-0.25, -0.2) is 4.98 Å². The van der Waals surface area contributed by atoms with E-state index in [1.54, 1.807) is 5.38 Å². The van der Waals surface area contributed by atoms with Crippen molar-refractivity contribution < 1.29 is 13.2 Å². The minimum Gasteiger partial charge on any atom is -0.327 e. The molecule has 0 spiro atoms. The molecule has 1 atom stereocenters. The average molecular weight is 224 g/mol. The molecule has 0 saturated carbocycles. The van der Waals surface area contributed by atoms with Crippen molar-refractivity contribution in [2.24, 2.45) is 5.73 Å². The van der Waals surface area contributed by atoms with Crippen LogP contribution < -0.4 is 5.73 Å². The van der Waals surface area contributed by atoms with Crippen molar-refractivity contribution in [3.8, 4) is 0 Å². The first-order chi connectivity index (χ1) is 6.37. The van der Waals surface area contributed by atoms with Crippen molar-refractivity contribution in [2.45, 2.75) is 32.0 Å². The van der Waals surface area contributed by atoms with E-state index in [4.69, 9.17) is 5.73 Å². The van der Waals surface area contributed by atoms with E-state index in [9.17, 15) is 13.2 Å². The lowest BCUT2D eigenvalue weighted by Gasteiger charge is -2.12. The summed E-state index contributed by atoms with van der Waals surface area (Å²) in [5.41, 5.74) is 5.99. The zero-order valence-electron chi connectivity index (χ0n) is 7.64. The molecule has 0 fully saturated rings. The van der Waals surface area contributed by atoms with Gasteiger partial charge in [0.1, 0.15) is 0 Å². The Balaban J connectivity index is 2.45. The fourth-order valence-electron chi connectivity index (χ4n) is 1.14. The van der Waals surface area contributed by atoms with Crippen LogP contribution in [0.5, 0.6) is 0 Å². The first kappa shape index (κ1) is 11.5. The van der Waals surface area contributed by atoms with Crippen molar-refractivity contribution in [3.05, 3.63) is 16.1 Å². The summed E-state index contributed by atoms with van der Waals surface area (Å²) in [6, 6.07) is -0.892. The van der Waals surface area contributed by atoms with Crippen LogP contribution in [0, 0.1) is 6.92 Å². The Bertz CT molecular complexity index is 295. The molecule has 1 rings (SSSR count). The lowest BCUT2D eigenvalue weighted by atomic mass is 10.1. The van der Waals surface area contributed by atoms with Crippen molar-refractivity contribution in [1.82, 2.24) is 4.98 Å². The van der Waals surface area contributed by atoms with Crippen molar-refractivity contribution in [3.63, 3.8) is 0 Å². The first-order valence-electron chi connectivity index (χ1n) is 4.10. The van der Waals surface area contributed by atoms with Gasteiger partial charge in [0.25, 0.3) is 0 Å². The molecule has 6 heteroatoms. The van der Waals surface area contributed by atoms with E-state index >= 15 is 0 Å². The minimum absolute atomic E-state index is 0.184. The van der Waals surface area contributed by atoms with Crippen molar-refractivity contribution in [2.75, 3.05) is 0 Å². The Hall–Kier alpha value is -0.620. The highest BCUT2D eigenvalue weighted by atomic mass is 32.1. The number of hydrogen-bond donors (Lipinski definition) is 1. The minimum atomic E-state index is -4.19. The van der Waals surface area contributed by atoms with Crippen LogP contribution in [0.1, 0.15) is 17.1 Å². The highest BCUT2D eigenvalue weighted by Gasteiger charge is 2.30. The fraction of sp³-hybridized carbons (Fsp3) is 0.625. The summed E-state index contributed by atoms with van der Waals surface area (Å²) in [5, 5.41) is 2.59. The van der Waals surface area contributed by atoms with Gasteiger partial charge < -0.3 is 5.73 Å². The zero-order chi connectivity index (χ0) is 10.8. The van der Waals surface area contributed by atoms with Crippen LogP contribution in [0.2, 0.25) is 0 Å². The number of aryl methyl sites for hydroxylation is 1. The monoisotopic (exact) mass is 224 g/mol. The largest absolute Gasteiger partial charge is 0.390 e. The number of nitrogens with zero attached hydrogens (tertiary/aromatic N) is 1. The molecule has 0 bridgehead atoms. The van der Waals surface area contributed by atoms with E-state index in [-0.39, 0.29) is 6.42 Å². The standard InChI is InChI=1S/C8H11F3N2S/c1-5-13-7(4-14-5)2-6(12)3-8(9,10)11/h4,6H,2-3,12H2,1H3. The molecule has 2 nitrogen and oxygen atoms in total. The van der Waals surface area contributed by atoms with Gasteiger partial charge in [-0.1, -0.05) is 0 Å². The molecule has 1 heterocycles. The number of aromatic nitrogens is 1. The number of alkyl halides is 3. The predicted molar refractivity (Wildman–Crippen MR) is 49.2 cm³/mol. The maximum Gasteiger partial charge on any atom is 0.390 e. The molecular weight excluding hydrogens is 213 g/mol. The molecule has 1 aromatic rings. The molecule has 0 aromatic carbocycles. The Kier molecular flexibility index (Phi) is 3.49. The number of hydrogen-bond acceptors (Lipinski definition) is 3. The van der Waals surface area contributed by atoms with Gasteiger partial charge >= 0.3 is 6.18 Å². The fourth-order valence-corrected chi connectivity index (χ4v) is 1.77. The van der Waals surface area contributed by atoms with Gasteiger partial charge in [-0.15, -0.1) is 11.3 Å². The maximum atomic E-state index is 11.9. The second-order valence-corrected chi connectivity index (χ2v) is 4.20. The third kappa shape index (κ3) is 4.06. The maximum absolute atomic E-state index is 11.9. The van der Waals surface area contributed by atoms with Crippen LogP contribution in [0.15, 0.2) is 5.38 Å². The normalized spacial score (nSPS) is 14.4.